The maximum Gasteiger partial charge on any atom is 0.253 e. The average Bonchev–Trinajstić information content (AvgIpc) is 3.52. The zero-order valence-corrected chi connectivity index (χ0v) is 17.5. The Kier molecular flexibility index (Phi) is 5.40. The zero-order chi connectivity index (χ0) is 21.0. The first-order valence-corrected chi connectivity index (χ1v) is 10.9. The highest BCUT2D eigenvalue weighted by atomic mass is 16.2. The van der Waals surface area contributed by atoms with Gasteiger partial charge in [-0.2, -0.15) is 0 Å². The molecule has 1 fully saturated rings. The normalized spacial score (nSPS) is 14.6. The van der Waals surface area contributed by atoms with Crippen LogP contribution in [-0.2, 0) is 6.54 Å². The Morgan fingerprint density at radius 3 is 2.45 bits per heavy atom. The Balaban J connectivity index is 1.22. The van der Waals surface area contributed by atoms with Gasteiger partial charge < -0.3 is 14.0 Å². The van der Waals surface area contributed by atoms with Crippen LogP contribution in [0.2, 0.25) is 0 Å². The molecule has 0 saturated carbocycles. The number of likely N-dealkylation sites (tertiary alicyclic amines) is 1. The third kappa shape index (κ3) is 4.17. The Morgan fingerprint density at radius 2 is 1.68 bits per heavy atom. The van der Waals surface area contributed by atoms with Gasteiger partial charge in [-0.3, -0.25) is 4.79 Å². The van der Waals surface area contributed by atoms with Gasteiger partial charge in [0.2, 0.25) is 0 Å². The lowest BCUT2D eigenvalue weighted by molar-refractivity contribution is 0.0683. The second-order valence-electron chi connectivity index (χ2n) is 8.15. The van der Waals surface area contributed by atoms with E-state index in [9.17, 15) is 4.79 Å². The van der Waals surface area contributed by atoms with Crippen molar-refractivity contribution in [3.63, 3.8) is 0 Å². The molecule has 1 aliphatic heterocycles. The molecule has 31 heavy (non-hydrogen) atoms. The SMILES string of the molecule is O=C(c1cccc(-n2cccc2)c1)N1CCC(Cn2ccnc2-c2ccccc2)CC1. The van der Waals surface area contributed by atoms with E-state index in [1.54, 1.807) is 0 Å². The number of amides is 1. The molecule has 0 aliphatic carbocycles. The Labute approximate surface area is 182 Å². The third-order valence-electron chi connectivity index (χ3n) is 6.10. The summed E-state index contributed by atoms with van der Waals surface area (Å²) in [7, 11) is 0. The Bertz CT molecular complexity index is 1140. The molecule has 0 bridgehead atoms. The Hall–Kier alpha value is -3.60. The van der Waals surface area contributed by atoms with Gasteiger partial charge in [0.15, 0.2) is 0 Å². The number of carbonyl (C=O) groups excluding carboxylic acids is 1. The van der Waals surface area contributed by atoms with E-state index >= 15 is 0 Å². The van der Waals surface area contributed by atoms with Gasteiger partial charge in [-0.15, -0.1) is 0 Å². The van der Waals surface area contributed by atoms with Gasteiger partial charge in [0.05, 0.1) is 0 Å². The van der Waals surface area contributed by atoms with E-state index in [0.29, 0.717) is 5.92 Å². The number of nitrogens with zero attached hydrogens (tertiary/aromatic N) is 4. The molecule has 0 unspecified atom stereocenters. The van der Waals surface area contributed by atoms with Crippen LogP contribution < -0.4 is 0 Å². The fourth-order valence-corrected chi connectivity index (χ4v) is 4.39. The Morgan fingerprint density at radius 1 is 0.903 bits per heavy atom. The molecule has 2 aromatic heterocycles. The van der Waals surface area contributed by atoms with Crippen LogP contribution >= 0.6 is 0 Å². The molecule has 1 aliphatic rings. The van der Waals surface area contributed by atoms with Crippen molar-refractivity contribution in [1.29, 1.82) is 0 Å². The predicted octanol–water partition coefficient (Wildman–Crippen LogP) is 4.89. The van der Waals surface area contributed by atoms with Crippen LogP contribution in [0.4, 0.5) is 0 Å². The smallest absolute Gasteiger partial charge is 0.253 e. The van der Waals surface area contributed by atoms with Crippen molar-refractivity contribution in [1.82, 2.24) is 19.0 Å². The number of hydrogen-bond acceptors (Lipinski definition) is 2. The van der Waals surface area contributed by atoms with Crippen LogP contribution in [-0.4, -0.2) is 38.0 Å². The summed E-state index contributed by atoms with van der Waals surface area (Å²) in [6.45, 7) is 2.54. The van der Waals surface area contributed by atoms with E-state index in [1.807, 2.05) is 82.7 Å². The molecule has 0 N–H and O–H groups in total. The van der Waals surface area contributed by atoms with Crippen LogP contribution in [0.25, 0.3) is 17.1 Å². The quantitative estimate of drug-likeness (QED) is 0.470. The number of rotatable bonds is 5. The number of carbonyl (C=O) groups is 1. The van der Waals surface area contributed by atoms with Crippen molar-refractivity contribution in [2.45, 2.75) is 19.4 Å². The van der Waals surface area contributed by atoms with Gasteiger partial charge in [0.25, 0.3) is 5.91 Å². The van der Waals surface area contributed by atoms with Crippen LogP contribution in [0.15, 0.2) is 91.5 Å². The maximum absolute atomic E-state index is 13.1. The highest BCUT2D eigenvalue weighted by Gasteiger charge is 2.24. The van der Waals surface area contributed by atoms with Crippen molar-refractivity contribution in [3.05, 3.63) is 97.1 Å². The lowest BCUT2D eigenvalue weighted by Gasteiger charge is -2.32. The van der Waals surface area contributed by atoms with Crippen molar-refractivity contribution in [2.75, 3.05) is 13.1 Å². The van der Waals surface area contributed by atoms with Crippen molar-refractivity contribution in [3.8, 4) is 17.1 Å². The molecule has 5 heteroatoms. The predicted molar refractivity (Wildman–Crippen MR) is 122 cm³/mol. The van der Waals surface area contributed by atoms with Crippen molar-refractivity contribution < 1.29 is 4.79 Å². The van der Waals surface area contributed by atoms with Crippen LogP contribution in [0.1, 0.15) is 23.2 Å². The average molecular weight is 411 g/mol. The van der Waals surface area contributed by atoms with E-state index in [-0.39, 0.29) is 5.91 Å². The van der Waals surface area contributed by atoms with Gasteiger partial charge in [-0.1, -0.05) is 36.4 Å². The summed E-state index contributed by atoms with van der Waals surface area (Å²) in [5, 5.41) is 0. The third-order valence-corrected chi connectivity index (χ3v) is 6.10. The number of aromatic nitrogens is 3. The van der Waals surface area contributed by atoms with Crippen LogP contribution in [0.5, 0.6) is 0 Å². The second-order valence-corrected chi connectivity index (χ2v) is 8.15. The number of imidazole rings is 1. The molecular weight excluding hydrogens is 384 g/mol. The summed E-state index contributed by atoms with van der Waals surface area (Å²) < 4.78 is 4.27. The maximum atomic E-state index is 13.1. The molecule has 0 spiro atoms. The minimum atomic E-state index is 0.125. The van der Waals surface area contributed by atoms with Gasteiger partial charge >= 0.3 is 0 Å². The first-order chi connectivity index (χ1) is 15.3. The highest BCUT2D eigenvalue weighted by molar-refractivity contribution is 5.94. The molecule has 1 saturated heterocycles. The monoisotopic (exact) mass is 410 g/mol. The highest BCUT2D eigenvalue weighted by Crippen LogP contribution is 2.24. The lowest BCUT2D eigenvalue weighted by Crippen LogP contribution is -2.39. The second kappa shape index (κ2) is 8.64. The number of piperidine rings is 1. The minimum Gasteiger partial charge on any atom is -0.339 e. The summed E-state index contributed by atoms with van der Waals surface area (Å²) in [5.41, 5.74) is 2.91. The first-order valence-electron chi connectivity index (χ1n) is 10.9. The molecule has 3 heterocycles. The molecular formula is C26H26N4O. The van der Waals surface area contributed by atoms with Gasteiger partial charge in [-0.05, 0) is 49.1 Å². The van der Waals surface area contributed by atoms with Gasteiger partial charge in [0.1, 0.15) is 5.82 Å². The molecule has 1 amide bonds. The van der Waals surface area contributed by atoms with E-state index in [0.717, 1.165) is 55.1 Å². The molecule has 0 atom stereocenters. The summed E-state index contributed by atoms with van der Waals surface area (Å²) in [6, 6.07) is 22.2. The molecule has 5 nitrogen and oxygen atoms in total. The van der Waals surface area contributed by atoms with E-state index in [2.05, 4.69) is 27.9 Å². The topological polar surface area (TPSA) is 43.1 Å². The standard InChI is InChI=1S/C26H26N4O/c31-26(23-9-6-10-24(19-23)28-14-4-5-15-28)29-16-11-21(12-17-29)20-30-18-13-27-25(30)22-7-2-1-3-8-22/h1-10,13-15,18-19,21H,11-12,16-17,20H2. The molecule has 2 aromatic carbocycles. The summed E-state index contributed by atoms with van der Waals surface area (Å²) in [5.74, 6) is 1.69. The summed E-state index contributed by atoms with van der Waals surface area (Å²) >= 11 is 0. The van der Waals surface area contributed by atoms with Crippen LogP contribution in [0.3, 0.4) is 0 Å². The summed E-state index contributed by atoms with van der Waals surface area (Å²) in [6.07, 6.45) is 9.94. The van der Waals surface area contributed by atoms with Gasteiger partial charge in [-0.25, -0.2) is 4.98 Å². The fraction of sp³-hybridized carbons (Fsp3) is 0.231. The largest absolute Gasteiger partial charge is 0.339 e. The van der Waals surface area contributed by atoms with Crippen molar-refractivity contribution in [2.24, 2.45) is 5.92 Å². The first kappa shape index (κ1) is 19.4. The van der Waals surface area contributed by atoms with E-state index in [4.69, 9.17) is 0 Å². The van der Waals surface area contributed by atoms with Crippen molar-refractivity contribution >= 4 is 5.91 Å². The van der Waals surface area contributed by atoms with E-state index < -0.39 is 0 Å². The minimum absolute atomic E-state index is 0.125. The van der Waals surface area contributed by atoms with E-state index in [1.165, 1.54) is 0 Å². The number of hydrogen-bond donors (Lipinski definition) is 0. The molecule has 4 aromatic rings. The fourth-order valence-electron chi connectivity index (χ4n) is 4.39. The molecule has 156 valence electrons. The number of benzene rings is 2. The molecule has 5 rings (SSSR count). The summed E-state index contributed by atoms with van der Waals surface area (Å²) in [4.78, 5) is 19.6. The zero-order valence-electron chi connectivity index (χ0n) is 17.5. The molecule has 0 radical (unpaired) electrons. The van der Waals surface area contributed by atoms with Gasteiger partial charge in [0, 0.05) is 61.2 Å². The van der Waals surface area contributed by atoms with Crippen LogP contribution in [0, 0.1) is 5.92 Å². The lowest BCUT2D eigenvalue weighted by atomic mass is 9.96.